The van der Waals surface area contributed by atoms with Crippen molar-refractivity contribution in [1.82, 2.24) is 14.4 Å². The number of para-hydroxylation sites is 2. The maximum absolute atomic E-state index is 14.0. The van der Waals surface area contributed by atoms with Crippen LogP contribution in [-0.2, 0) is 13.1 Å². The van der Waals surface area contributed by atoms with E-state index >= 15 is 0 Å². The number of hydrogen-bond donors (Lipinski definition) is 1. The molecule has 33 heavy (non-hydrogen) atoms. The zero-order valence-electron chi connectivity index (χ0n) is 19.0. The largest absolute Gasteiger partial charge is 0.494 e. The van der Waals surface area contributed by atoms with Crippen LogP contribution in [0.5, 0.6) is 5.75 Å². The first-order valence-electron chi connectivity index (χ1n) is 11.5. The molecule has 5 rings (SSSR count). The summed E-state index contributed by atoms with van der Waals surface area (Å²) in [6, 6.07) is 22.0. The van der Waals surface area contributed by atoms with Crippen molar-refractivity contribution in [3.8, 4) is 5.75 Å². The van der Waals surface area contributed by atoms with E-state index in [2.05, 4.69) is 62.9 Å². The van der Waals surface area contributed by atoms with Gasteiger partial charge in [0, 0.05) is 61.1 Å². The molecule has 1 saturated heterocycles. The molecular formula is C27H30FN3O2. The Kier molecular flexibility index (Phi) is 6.31. The summed E-state index contributed by atoms with van der Waals surface area (Å²) in [6.07, 6.45) is -0.452. The Morgan fingerprint density at radius 2 is 1.45 bits per heavy atom. The van der Waals surface area contributed by atoms with Crippen molar-refractivity contribution >= 4 is 21.8 Å². The van der Waals surface area contributed by atoms with E-state index in [0.29, 0.717) is 13.1 Å². The topological polar surface area (TPSA) is 40.9 Å². The number of hydrogen-bond acceptors (Lipinski definition) is 4. The molecule has 1 aliphatic heterocycles. The third-order valence-electron chi connectivity index (χ3n) is 6.63. The van der Waals surface area contributed by atoms with Gasteiger partial charge in [0.25, 0.3) is 0 Å². The van der Waals surface area contributed by atoms with Crippen molar-refractivity contribution in [2.45, 2.75) is 19.2 Å². The van der Waals surface area contributed by atoms with Crippen LogP contribution in [0, 0.1) is 5.82 Å². The molecule has 3 aromatic carbocycles. The Balaban J connectivity index is 1.19. The lowest BCUT2D eigenvalue weighted by Crippen LogP contribution is -2.48. The molecular weight excluding hydrogens is 417 g/mol. The summed E-state index contributed by atoms with van der Waals surface area (Å²) in [5.41, 5.74) is 3.27. The maximum Gasteiger partial charge on any atom is 0.165 e. The van der Waals surface area contributed by atoms with Crippen LogP contribution in [0.1, 0.15) is 5.56 Å². The van der Waals surface area contributed by atoms with Crippen LogP contribution in [0.3, 0.4) is 0 Å². The van der Waals surface area contributed by atoms with E-state index in [0.717, 1.165) is 49.3 Å². The quantitative estimate of drug-likeness (QED) is 0.463. The standard InChI is InChI=1S/C27H30FN3O2/c1-33-27-11-10-20(16-24(27)28)17-29-12-14-30(15-13-29)18-21(32)19-31-25-8-4-2-6-22(25)23-7-3-5-9-26(23)31/h2-11,16,21,32H,12-15,17-19H2,1H3. The number of fused-ring (bicyclic) bond motifs is 3. The smallest absolute Gasteiger partial charge is 0.165 e. The lowest BCUT2D eigenvalue weighted by molar-refractivity contribution is 0.0633. The summed E-state index contributed by atoms with van der Waals surface area (Å²) < 4.78 is 21.2. The number of rotatable bonds is 7. The minimum Gasteiger partial charge on any atom is -0.494 e. The first kappa shape index (κ1) is 21.9. The van der Waals surface area contributed by atoms with Crippen LogP contribution in [0.4, 0.5) is 4.39 Å². The van der Waals surface area contributed by atoms with E-state index < -0.39 is 6.10 Å². The average Bonchev–Trinajstić information content (AvgIpc) is 3.14. The van der Waals surface area contributed by atoms with E-state index in [4.69, 9.17) is 4.74 Å². The molecule has 0 bridgehead atoms. The highest BCUT2D eigenvalue weighted by atomic mass is 19.1. The highest BCUT2D eigenvalue weighted by molar-refractivity contribution is 6.07. The second-order valence-corrected chi connectivity index (χ2v) is 8.84. The molecule has 0 spiro atoms. The normalized spacial score (nSPS) is 16.5. The molecule has 1 aromatic heterocycles. The fourth-order valence-electron chi connectivity index (χ4n) is 4.96. The van der Waals surface area contributed by atoms with Gasteiger partial charge in [0.1, 0.15) is 0 Å². The predicted molar refractivity (Wildman–Crippen MR) is 130 cm³/mol. The van der Waals surface area contributed by atoms with Crippen LogP contribution >= 0.6 is 0 Å². The van der Waals surface area contributed by atoms with E-state index in [1.807, 2.05) is 6.07 Å². The minimum atomic E-state index is -0.452. The van der Waals surface area contributed by atoms with Crippen LogP contribution in [0.15, 0.2) is 66.7 Å². The number of nitrogens with zero attached hydrogens (tertiary/aromatic N) is 3. The monoisotopic (exact) mass is 447 g/mol. The summed E-state index contributed by atoms with van der Waals surface area (Å²) in [6.45, 7) is 5.51. The van der Waals surface area contributed by atoms with Crippen molar-refractivity contribution in [2.75, 3.05) is 39.8 Å². The molecule has 0 aliphatic carbocycles. The first-order valence-corrected chi connectivity index (χ1v) is 11.5. The summed E-state index contributed by atoms with van der Waals surface area (Å²) in [5, 5.41) is 13.4. The molecule has 1 aliphatic rings. The van der Waals surface area contributed by atoms with Gasteiger partial charge in [0.05, 0.1) is 19.8 Å². The third kappa shape index (κ3) is 4.60. The Labute approximate surface area is 193 Å². The zero-order valence-corrected chi connectivity index (χ0v) is 19.0. The SMILES string of the molecule is COc1ccc(CN2CCN(CC(O)Cn3c4ccccc4c4ccccc43)CC2)cc1F. The lowest BCUT2D eigenvalue weighted by atomic mass is 10.1. The Hall–Kier alpha value is -2.93. The summed E-state index contributed by atoms with van der Waals surface area (Å²) in [4.78, 5) is 4.65. The van der Waals surface area contributed by atoms with Crippen LogP contribution in [0.2, 0.25) is 0 Å². The van der Waals surface area contributed by atoms with Gasteiger partial charge in [-0.1, -0.05) is 42.5 Å². The number of aliphatic hydroxyl groups is 1. The van der Waals surface area contributed by atoms with Gasteiger partial charge in [-0.3, -0.25) is 9.80 Å². The number of halogens is 1. The average molecular weight is 448 g/mol. The molecule has 5 nitrogen and oxygen atoms in total. The molecule has 6 heteroatoms. The van der Waals surface area contributed by atoms with Crippen LogP contribution in [-0.4, -0.2) is 65.4 Å². The maximum atomic E-state index is 14.0. The van der Waals surface area contributed by atoms with Gasteiger partial charge in [-0.15, -0.1) is 0 Å². The molecule has 2 heterocycles. The highest BCUT2D eigenvalue weighted by Gasteiger charge is 2.21. The molecule has 4 aromatic rings. The number of benzene rings is 3. The highest BCUT2D eigenvalue weighted by Crippen LogP contribution is 2.29. The number of piperazine rings is 1. The number of ether oxygens (including phenoxy) is 1. The molecule has 1 unspecified atom stereocenters. The van der Waals surface area contributed by atoms with E-state index in [1.54, 1.807) is 12.1 Å². The van der Waals surface area contributed by atoms with E-state index in [9.17, 15) is 9.50 Å². The summed E-state index contributed by atoms with van der Waals surface area (Å²) in [7, 11) is 1.48. The van der Waals surface area contributed by atoms with Crippen molar-refractivity contribution in [2.24, 2.45) is 0 Å². The van der Waals surface area contributed by atoms with Gasteiger partial charge in [0.2, 0.25) is 0 Å². The second-order valence-electron chi connectivity index (χ2n) is 8.84. The molecule has 1 fully saturated rings. The van der Waals surface area contributed by atoms with Crippen LogP contribution < -0.4 is 4.74 Å². The molecule has 0 saturated carbocycles. The van der Waals surface area contributed by atoms with Gasteiger partial charge in [0.15, 0.2) is 11.6 Å². The summed E-state index contributed by atoms with van der Waals surface area (Å²) in [5.74, 6) is -0.0392. The van der Waals surface area contributed by atoms with Crippen molar-refractivity contribution in [3.63, 3.8) is 0 Å². The fourth-order valence-corrected chi connectivity index (χ4v) is 4.96. The fraction of sp³-hybridized carbons (Fsp3) is 0.333. The van der Waals surface area contributed by atoms with E-state index in [-0.39, 0.29) is 11.6 Å². The van der Waals surface area contributed by atoms with Gasteiger partial charge >= 0.3 is 0 Å². The molecule has 1 atom stereocenters. The Morgan fingerprint density at radius 1 is 0.848 bits per heavy atom. The lowest BCUT2D eigenvalue weighted by Gasteiger charge is -2.35. The van der Waals surface area contributed by atoms with Crippen molar-refractivity contribution in [1.29, 1.82) is 0 Å². The summed E-state index contributed by atoms with van der Waals surface area (Å²) >= 11 is 0. The zero-order chi connectivity index (χ0) is 22.8. The van der Waals surface area contributed by atoms with Gasteiger partial charge < -0.3 is 14.4 Å². The number of methoxy groups -OCH3 is 1. The van der Waals surface area contributed by atoms with Crippen LogP contribution in [0.25, 0.3) is 21.8 Å². The molecule has 0 amide bonds. The predicted octanol–water partition coefficient (Wildman–Crippen LogP) is 4.12. The third-order valence-corrected chi connectivity index (χ3v) is 6.63. The molecule has 1 N–H and O–H groups in total. The number of aliphatic hydroxyl groups excluding tert-OH is 1. The van der Waals surface area contributed by atoms with Crippen molar-refractivity contribution < 1.29 is 14.2 Å². The van der Waals surface area contributed by atoms with E-state index in [1.165, 1.54) is 17.9 Å². The second kappa shape index (κ2) is 9.51. The van der Waals surface area contributed by atoms with Crippen molar-refractivity contribution in [3.05, 3.63) is 78.1 Å². The van der Waals surface area contributed by atoms with Gasteiger partial charge in [-0.25, -0.2) is 4.39 Å². The molecule has 0 radical (unpaired) electrons. The first-order chi connectivity index (χ1) is 16.1. The van der Waals surface area contributed by atoms with Gasteiger partial charge in [-0.2, -0.15) is 0 Å². The van der Waals surface area contributed by atoms with Gasteiger partial charge in [-0.05, 0) is 29.8 Å². The molecule has 172 valence electrons. The number of aromatic nitrogens is 1. The minimum absolute atomic E-state index is 0.279. The Bertz CT molecular complexity index is 1190. The Morgan fingerprint density at radius 3 is 2.06 bits per heavy atom. The number of β-amino-alcohol motifs (C(OH)–C–C–N with tert-alkyl or cyclic N) is 1.